The Bertz CT molecular complexity index is 964. The molecule has 1 saturated heterocycles. The zero-order chi connectivity index (χ0) is 20.2. The van der Waals surface area contributed by atoms with Gasteiger partial charge in [-0.15, -0.1) is 0 Å². The van der Waals surface area contributed by atoms with Gasteiger partial charge in [0.05, 0.1) is 13.0 Å². The second-order valence-electron chi connectivity index (χ2n) is 7.32. The number of ether oxygens (including phenoxy) is 1. The summed E-state index contributed by atoms with van der Waals surface area (Å²) in [6.07, 6.45) is 2.12. The summed E-state index contributed by atoms with van der Waals surface area (Å²) in [7, 11) is 0. The van der Waals surface area contributed by atoms with Crippen LogP contribution in [0.5, 0.6) is 5.75 Å². The van der Waals surface area contributed by atoms with Crippen LogP contribution in [0.25, 0.3) is 11.4 Å². The third kappa shape index (κ3) is 4.31. The minimum absolute atomic E-state index is 0.0757. The van der Waals surface area contributed by atoms with E-state index in [1.54, 1.807) is 0 Å². The summed E-state index contributed by atoms with van der Waals surface area (Å²) in [6.45, 7) is 5.33. The van der Waals surface area contributed by atoms with Gasteiger partial charge >= 0.3 is 0 Å². The zero-order valence-corrected chi connectivity index (χ0v) is 16.8. The molecule has 1 fully saturated rings. The van der Waals surface area contributed by atoms with Gasteiger partial charge in [0.2, 0.25) is 17.6 Å². The molecule has 6 heteroatoms. The summed E-state index contributed by atoms with van der Waals surface area (Å²) >= 11 is 0. The first-order valence-corrected chi connectivity index (χ1v) is 10.1. The lowest BCUT2D eigenvalue weighted by Crippen LogP contribution is -2.32. The highest BCUT2D eigenvalue weighted by molar-refractivity contribution is 5.79. The molecule has 4 rings (SSSR count). The molecule has 3 aromatic rings. The summed E-state index contributed by atoms with van der Waals surface area (Å²) in [5.41, 5.74) is 3.06. The predicted molar refractivity (Wildman–Crippen MR) is 109 cm³/mol. The van der Waals surface area contributed by atoms with Gasteiger partial charge in [0, 0.05) is 12.1 Å². The lowest BCUT2D eigenvalue weighted by Gasteiger charge is -2.22. The van der Waals surface area contributed by atoms with Gasteiger partial charge in [0.25, 0.3) is 0 Å². The van der Waals surface area contributed by atoms with Crippen molar-refractivity contribution in [3.63, 3.8) is 0 Å². The topological polar surface area (TPSA) is 68.5 Å². The Labute approximate surface area is 170 Å². The molecular formula is C23H25N3O3. The van der Waals surface area contributed by atoms with Crippen LogP contribution in [0.2, 0.25) is 0 Å². The molecule has 0 spiro atoms. The maximum atomic E-state index is 12.9. The molecule has 0 aliphatic carbocycles. The minimum Gasteiger partial charge on any atom is -0.494 e. The monoisotopic (exact) mass is 391 g/mol. The Balaban J connectivity index is 1.46. The van der Waals surface area contributed by atoms with E-state index >= 15 is 0 Å². The number of aryl methyl sites for hydroxylation is 1. The summed E-state index contributed by atoms with van der Waals surface area (Å²) in [5, 5.41) is 4.13. The SMILES string of the molecule is CCOc1ccc(CC(=O)N2CCC[C@@H]2c2nc(-c3ccc(C)cc3)no2)cc1. The van der Waals surface area contributed by atoms with Crippen LogP contribution in [0.4, 0.5) is 0 Å². The van der Waals surface area contributed by atoms with Crippen LogP contribution < -0.4 is 4.74 Å². The van der Waals surface area contributed by atoms with E-state index in [1.807, 2.05) is 67.3 Å². The highest BCUT2D eigenvalue weighted by Gasteiger charge is 2.34. The smallest absolute Gasteiger partial charge is 0.249 e. The average molecular weight is 391 g/mol. The molecule has 150 valence electrons. The van der Waals surface area contributed by atoms with Crippen LogP contribution in [0.15, 0.2) is 53.1 Å². The molecule has 1 aliphatic heterocycles. The number of carbonyl (C=O) groups is 1. The molecule has 0 N–H and O–H groups in total. The number of benzene rings is 2. The largest absolute Gasteiger partial charge is 0.494 e. The second-order valence-corrected chi connectivity index (χ2v) is 7.32. The van der Waals surface area contributed by atoms with Crippen LogP contribution in [0, 0.1) is 6.92 Å². The Morgan fingerprint density at radius 3 is 2.66 bits per heavy atom. The first-order chi connectivity index (χ1) is 14.1. The molecule has 1 atom stereocenters. The van der Waals surface area contributed by atoms with Gasteiger partial charge in [-0.05, 0) is 44.4 Å². The van der Waals surface area contributed by atoms with Gasteiger partial charge in [0.1, 0.15) is 11.8 Å². The average Bonchev–Trinajstić information content (AvgIpc) is 3.40. The van der Waals surface area contributed by atoms with Crippen LogP contribution >= 0.6 is 0 Å². The molecule has 0 radical (unpaired) electrons. The van der Waals surface area contributed by atoms with Gasteiger partial charge in [-0.25, -0.2) is 0 Å². The van der Waals surface area contributed by atoms with Crippen molar-refractivity contribution >= 4 is 5.91 Å². The van der Waals surface area contributed by atoms with E-state index in [-0.39, 0.29) is 11.9 Å². The van der Waals surface area contributed by atoms with Crippen molar-refractivity contribution in [3.05, 3.63) is 65.5 Å². The first kappa shape index (κ1) is 19.2. The fraction of sp³-hybridized carbons (Fsp3) is 0.348. The van der Waals surface area contributed by atoms with E-state index < -0.39 is 0 Å². The van der Waals surface area contributed by atoms with E-state index in [9.17, 15) is 4.79 Å². The third-order valence-electron chi connectivity index (χ3n) is 5.20. The van der Waals surface area contributed by atoms with Crippen LogP contribution in [-0.4, -0.2) is 34.1 Å². The van der Waals surface area contributed by atoms with E-state index in [0.717, 1.165) is 29.7 Å². The minimum atomic E-state index is -0.156. The van der Waals surface area contributed by atoms with Crippen molar-refractivity contribution in [1.29, 1.82) is 0 Å². The summed E-state index contributed by atoms with van der Waals surface area (Å²) in [6, 6.07) is 15.5. The number of carbonyl (C=O) groups excluding carboxylic acids is 1. The number of hydrogen-bond donors (Lipinski definition) is 0. The van der Waals surface area contributed by atoms with Gasteiger partial charge in [-0.2, -0.15) is 4.98 Å². The molecule has 0 saturated carbocycles. The number of likely N-dealkylation sites (tertiary alicyclic amines) is 1. The standard InChI is InChI=1S/C23H25N3O3/c1-3-28-19-12-8-17(9-13-19)15-21(27)26-14-4-5-20(26)23-24-22(25-29-23)18-10-6-16(2)7-11-18/h6-13,20H,3-5,14-15H2,1-2H3/t20-/m1/s1. The van der Waals surface area contributed by atoms with Gasteiger partial charge in [0.15, 0.2) is 0 Å². The molecule has 1 aromatic heterocycles. The van der Waals surface area contributed by atoms with E-state index in [1.165, 1.54) is 5.56 Å². The number of aromatic nitrogens is 2. The molecule has 29 heavy (non-hydrogen) atoms. The summed E-state index contributed by atoms with van der Waals surface area (Å²) < 4.78 is 11.0. The van der Waals surface area contributed by atoms with Crippen molar-refractivity contribution < 1.29 is 14.1 Å². The van der Waals surface area contributed by atoms with E-state index in [0.29, 0.717) is 31.3 Å². The van der Waals surface area contributed by atoms with Crippen molar-refractivity contribution in [2.75, 3.05) is 13.2 Å². The lowest BCUT2D eigenvalue weighted by molar-refractivity contribution is -0.131. The molecule has 0 bridgehead atoms. The highest BCUT2D eigenvalue weighted by atomic mass is 16.5. The lowest BCUT2D eigenvalue weighted by atomic mass is 10.1. The molecule has 6 nitrogen and oxygen atoms in total. The number of rotatable bonds is 6. The Kier molecular flexibility index (Phi) is 5.60. The quantitative estimate of drug-likeness (QED) is 0.625. The normalized spacial score (nSPS) is 16.2. The van der Waals surface area contributed by atoms with Crippen molar-refractivity contribution in [2.24, 2.45) is 0 Å². The van der Waals surface area contributed by atoms with Crippen LogP contribution in [-0.2, 0) is 11.2 Å². The first-order valence-electron chi connectivity index (χ1n) is 10.1. The Morgan fingerprint density at radius 1 is 1.17 bits per heavy atom. The zero-order valence-electron chi connectivity index (χ0n) is 16.8. The summed E-state index contributed by atoms with van der Waals surface area (Å²) in [5.74, 6) is 1.97. The fourth-order valence-electron chi connectivity index (χ4n) is 3.66. The van der Waals surface area contributed by atoms with Crippen molar-refractivity contribution in [2.45, 2.75) is 39.2 Å². The molecule has 0 unspecified atom stereocenters. The van der Waals surface area contributed by atoms with Crippen molar-refractivity contribution in [3.8, 4) is 17.1 Å². The van der Waals surface area contributed by atoms with Crippen molar-refractivity contribution in [1.82, 2.24) is 15.0 Å². The molecule has 2 aromatic carbocycles. The molecule has 2 heterocycles. The summed E-state index contributed by atoms with van der Waals surface area (Å²) in [4.78, 5) is 19.4. The number of nitrogens with zero attached hydrogens (tertiary/aromatic N) is 3. The fourth-order valence-corrected chi connectivity index (χ4v) is 3.66. The van der Waals surface area contributed by atoms with Crippen LogP contribution in [0.3, 0.4) is 0 Å². The Morgan fingerprint density at radius 2 is 1.93 bits per heavy atom. The van der Waals surface area contributed by atoms with E-state index in [4.69, 9.17) is 9.26 Å². The Hall–Kier alpha value is -3.15. The second kappa shape index (κ2) is 8.47. The maximum Gasteiger partial charge on any atom is 0.249 e. The maximum absolute atomic E-state index is 12.9. The number of amides is 1. The highest BCUT2D eigenvalue weighted by Crippen LogP contribution is 2.32. The molecule has 1 amide bonds. The third-order valence-corrected chi connectivity index (χ3v) is 5.20. The van der Waals surface area contributed by atoms with Gasteiger partial charge < -0.3 is 14.2 Å². The number of hydrogen-bond acceptors (Lipinski definition) is 5. The van der Waals surface area contributed by atoms with E-state index in [2.05, 4.69) is 10.1 Å². The van der Waals surface area contributed by atoms with Gasteiger partial charge in [-0.3, -0.25) is 4.79 Å². The van der Waals surface area contributed by atoms with Gasteiger partial charge in [-0.1, -0.05) is 47.1 Å². The molecular weight excluding hydrogens is 366 g/mol. The predicted octanol–water partition coefficient (Wildman–Crippen LogP) is 4.35. The van der Waals surface area contributed by atoms with Crippen LogP contribution in [0.1, 0.15) is 42.8 Å². The molecule has 1 aliphatic rings.